The number of H-pyrrole nitrogens is 1. The number of aromatic amines is 1. The lowest BCUT2D eigenvalue weighted by Crippen LogP contribution is -1.97. The van der Waals surface area contributed by atoms with Gasteiger partial charge in [-0.1, -0.05) is 18.2 Å². The van der Waals surface area contributed by atoms with Gasteiger partial charge in [0.05, 0.1) is 23.8 Å². The number of hydrogen-bond donors (Lipinski definition) is 1. The molecule has 0 bridgehead atoms. The number of benzene rings is 2. The van der Waals surface area contributed by atoms with Gasteiger partial charge in [0.2, 0.25) is 0 Å². The second-order valence-corrected chi connectivity index (χ2v) is 4.84. The van der Waals surface area contributed by atoms with Gasteiger partial charge in [-0.15, -0.1) is 0 Å². The molecule has 1 N–H and O–H groups in total. The fraction of sp³-hybridized carbons (Fsp3) is 0.133. The van der Waals surface area contributed by atoms with Crippen LogP contribution in [0.1, 0.15) is 5.56 Å². The van der Waals surface area contributed by atoms with E-state index in [-0.39, 0.29) is 0 Å². The number of fused-ring (bicyclic) bond motifs is 1. The summed E-state index contributed by atoms with van der Waals surface area (Å²) < 4.78 is 8.10. The fourth-order valence-electron chi connectivity index (χ4n) is 2.27. The third-order valence-electron chi connectivity index (χ3n) is 3.16. The molecular weight excluding hydrogens is 256 g/mol. The average Bonchev–Trinajstić information content (AvgIpc) is 2.74. The van der Waals surface area contributed by atoms with Crippen molar-refractivity contribution in [1.82, 2.24) is 9.55 Å². The molecule has 0 atom stereocenters. The van der Waals surface area contributed by atoms with Gasteiger partial charge in [0.15, 0.2) is 4.77 Å². The Morgan fingerprint density at radius 3 is 2.74 bits per heavy atom. The molecule has 0 saturated heterocycles. The third-order valence-corrected chi connectivity index (χ3v) is 3.45. The van der Waals surface area contributed by atoms with Gasteiger partial charge in [-0.2, -0.15) is 0 Å². The van der Waals surface area contributed by atoms with Crippen LogP contribution in [0.4, 0.5) is 0 Å². The van der Waals surface area contributed by atoms with E-state index in [1.54, 1.807) is 7.11 Å². The van der Waals surface area contributed by atoms with Gasteiger partial charge in [0, 0.05) is 0 Å². The van der Waals surface area contributed by atoms with Crippen LogP contribution in [0.15, 0.2) is 42.5 Å². The maximum atomic E-state index is 5.44. The van der Waals surface area contributed by atoms with E-state index in [4.69, 9.17) is 17.0 Å². The summed E-state index contributed by atoms with van der Waals surface area (Å²) >= 11 is 5.44. The third kappa shape index (κ3) is 1.94. The van der Waals surface area contributed by atoms with E-state index < -0.39 is 0 Å². The first-order valence-corrected chi connectivity index (χ1v) is 6.46. The summed E-state index contributed by atoms with van der Waals surface area (Å²) in [6.45, 7) is 2.07. The van der Waals surface area contributed by atoms with E-state index in [2.05, 4.69) is 24.0 Å². The zero-order valence-electron chi connectivity index (χ0n) is 10.8. The molecule has 0 radical (unpaired) electrons. The number of nitrogens with zero attached hydrogens (tertiary/aromatic N) is 1. The second-order valence-electron chi connectivity index (χ2n) is 4.46. The van der Waals surface area contributed by atoms with E-state index in [0.717, 1.165) is 22.5 Å². The molecule has 1 aromatic heterocycles. The predicted molar refractivity (Wildman–Crippen MR) is 79.7 cm³/mol. The topological polar surface area (TPSA) is 29.9 Å². The van der Waals surface area contributed by atoms with Crippen LogP contribution in [0.5, 0.6) is 5.75 Å². The number of aryl methyl sites for hydroxylation is 1. The summed E-state index contributed by atoms with van der Waals surface area (Å²) in [6.07, 6.45) is 0. The van der Waals surface area contributed by atoms with Crippen molar-refractivity contribution >= 4 is 23.3 Å². The van der Waals surface area contributed by atoms with Crippen molar-refractivity contribution < 1.29 is 4.74 Å². The smallest absolute Gasteiger partial charge is 0.182 e. The Hall–Kier alpha value is -2.07. The highest BCUT2D eigenvalue weighted by Gasteiger charge is 2.10. The van der Waals surface area contributed by atoms with Gasteiger partial charge in [-0.05, 0) is 49.0 Å². The summed E-state index contributed by atoms with van der Waals surface area (Å²) in [5, 5.41) is 0. The van der Waals surface area contributed by atoms with E-state index in [9.17, 15) is 0 Å². The SMILES string of the molecule is COc1ccccc1-n1c(=S)[nH]c2ccc(C)cc21. The minimum atomic E-state index is 0.671. The number of imidazole rings is 1. The van der Waals surface area contributed by atoms with Crippen LogP contribution in [0.25, 0.3) is 16.7 Å². The molecule has 0 aliphatic rings. The molecular formula is C15H14N2OS. The number of aromatic nitrogens is 2. The van der Waals surface area contributed by atoms with Crippen molar-refractivity contribution in [3.05, 3.63) is 52.8 Å². The summed E-state index contributed by atoms with van der Waals surface area (Å²) in [5.74, 6) is 0.806. The van der Waals surface area contributed by atoms with Gasteiger partial charge in [-0.3, -0.25) is 4.57 Å². The first-order chi connectivity index (χ1) is 9.20. The summed E-state index contributed by atoms with van der Waals surface area (Å²) in [7, 11) is 1.67. The molecule has 0 spiro atoms. The minimum Gasteiger partial charge on any atom is -0.495 e. The molecule has 0 aliphatic carbocycles. The normalized spacial score (nSPS) is 10.8. The largest absolute Gasteiger partial charge is 0.495 e. The molecule has 2 aromatic carbocycles. The van der Waals surface area contributed by atoms with Crippen LogP contribution < -0.4 is 4.74 Å². The summed E-state index contributed by atoms with van der Waals surface area (Å²) in [5.41, 5.74) is 4.24. The zero-order valence-corrected chi connectivity index (χ0v) is 11.6. The maximum Gasteiger partial charge on any atom is 0.182 e. The summed E-state index contributed by atoms with van der Waals surface area (Å²) in [6, 6.07) is 14.1. The molecule has 19 heavy (non-hydrogen) atoms. The monoisotopic (exact) mass is 270 g/mol. The fourth-order valence-corrected chi connectivity index (χ4v) is 2.57. The Morgan fingerprint density at radius 2 is 1.95 bits per heavy atom. The number of rotatable bonds is 2. The quantitative estimate of drug-likeness (QED) is 0.713. The van der Waals surface area contributed by atoms with Crippen molar-refractivity contribution in [2.75, 3.05) is 7.11 Å². The Bertz CT molecular complexity index is 801. The molecule has 0 saturated carbocycles. The molecule has 96 valence electrons. The van der Waals surface area contributed by atoms with Gasteiger partial charge < -0.3 is 9.72 Å². The van der Waals surface area contributed by atoms with E-state index in [0.29, 0.717) is 4.77 Å². The standard InChI is InChI=1S/C15H14N2OS/c1-10-7-8-11-13(9-10)17(15(19)16-11)12-5-3-4-6-14(12)18-2/h3-9H,1-2H3,(H,16,19). The number of para-hydroxylation sites is 2. The van der Waals surface area contributed by atoms with Crippen LogP contribution in [0.2, 0.25) is 0 Å². The predicted octanol–water partition coefficient (Wildman–Crippen LogP) is 4.01. The minimum absolute atomic E-state index is 0.671. The second kappa shape index (κ2) is 4.55. The Balaban J connectivity index is 2.39. The molecule has 0 unspecified atom stereocenters. The molecule has 3 nitrogen and oxygen atoms in total. The van der Waals surface area contributed by atoms with Gasteiger partial charge >= 0.3 is 0 Å². The zero-order chi connectivity index (χ0) is 13.4. The Morgan fingerprint density at radius 1 is 1.16 bits per heavy atom. The Kier molecular flexibility index (Phi) is 2.87. The lowest BCUT2D eigenvalue weighted by Gasteiger charge is -2.10. The lowest BCUT2D eigenvalue weighted by atomic mass is 10.2. The van der Waals surface area contributed by atoms with Gasteiger partial charge in [-0.25, -0.2) is 0 Å². The van der Waals surface area contributed by atoms with Gasteiger partial charge in [0.25, 0.3) is 0 Å². The van der Waals surface area contributed by atoms with Crippen LogP contribution in [0.3, 0.4) is 0 Å². The van der Waals surface area contributed by atoms with Crippen molar-refractivity contribution in [2.45, 2.75) is 6.92 Å². The molecule has 0 aliphatic heterocycles. The van der Waals surface area contributed by atoms with Crippen LogP contribution in [0, 0.1) is 11.7 Å². The molecule has 0 amide bonds. The molecule has 1 heterocycles. The number of methoxy groups -OCH3 is 1. The number of nitrogens with one attached hydrogen (secondary N) is 1. The molecule has 3 aromatic rings. The van der Waals surface area contributed by atoms with E-state index in [1.807, 2.05) is 34.9 Å². The average molecular weight is 270 g/mol. The summed E-state index contributed by atoms with van der Waals surface area (Å²) in [4.78, 5) is 3.23. The van der Waals surface area contributed by atoms with Crippen molar-refractivity contribution in [1.29, 1.82) is 0 Å². The molecule has 3 rings (SSSR count). The molecule has 0 fully saturated rings. The number of hydrogen-bond acceptors (Lipinski definition) is 2. The maximum absolute atomic E-state index is 5.44. The number of ether oxygens (including phenoxy) is 1. The van der Waals surface area contributed by atoms with Crippen LogP contribution >= 0.6 is 12.2 Å². The van der Waals surface area contributed by atoms with E-state index >= 15 is 0 Å². The van der Waals surface area contributed by atoms with Crippen LogP contribution in [-0.2, 0) is 0 Å². The lowest BCUT2D eigenvalue weighted by molar-refractivity contribution is 0.413. The van der Waals surface area contributed by atoms with Crippen LogP contribution in [-0.4, -0.2) is 16.7 Å². The van der Waals surface area contributed by atoms with Crippen molar-refractivity contribution in [3.8, 4) is 11.4 Å². The first-order valence-electron chi connectivity index (χ1n) is 6.05. The molecule has 4 heteroatoms. The highest BCUT2D eigenvalue weighted by molar-refractivity contribution is 7.71. The van der Waals surface area contributed by atoms with Crippen molar-refractivity contribution in [2.24, 2.45) is 0 Å². The van der Waals surface area contributed by atoms with E-state index in [1.165, 1.54) is 5.56 Å². The van der Waals surface area contributed by atoms with Gasteiger partial charge in [0.1, 0.15) is 5.75 Å². The highest BCUT2D eigenvalue weighted by Crippen LogP contribution is 2.27. The van der Waals surface area contributed by atoms with Crippen molar-refractivity contribution in [3.63, 3.8) is 0 Å². The first kappa shape index (κ1) is 12.0. The highest BCUT2D eigenvalue weighted by atomic mass is 32.1. The Labute approximate surface area is 116 Å².